The van der Waals surface area contributed by atoms with Gasteiger partial charge in [-0.3, -0.25) is 0 Å². The summed E-state index contributed by atoms with van der Waals surface area (Å²) in [4.78, 5) is 0. The van der Waals surface area contributed by atoms with Gasteiger partial charge in [-0.15, -0.1) is 8.42 Å². The molecule has 0 saturated carbocycles. The number of nitrogens with one attached hydrogen (secondary N) is 2. The summed E-state index contributed by atoms with van der Waals surface area (Å²) in [5, 5.41) is 5.64. The molecule has 0 spiro atoms. The van der Waals surface area contributed by atoms with Gasteiger partial charge in [-0.05, 0) is 12.1 Å². The third-order valence-electron chi connectivity index (χ3n) is 2.02. The third kappa shape index (κ3) is 1.54. The molecule has 0 saturated heterocycles. The number of rotatable bonds is 2. The van der Waals surface area contributed by atoms with Crippen LogP contribution in [-0.4, -0.2) is 22.5 Å². The molecule has 2 N–H and O–H groups in total. The van der Waals surface area contributed by atoms with Gasteiger partial charge in [-0.2, -0.15) is 0 Å². The lowest BCUT2D eigenvalue weighted by atomic mass is 10.2. The second-order valence-corrected chi connectivity index (χ2v) is 4.04. The van der Waals surface area contributed by atoms with Crippen LogP contribution in [0.25, 0.3) is 0 Å². The van der Waals surface area contributed by atoms with E-state index in [0.29, 0.717) is 11.4 Å². The molecule has 0 aromatic heterocycles. The Morgan fingerprint density at radius 2 is 1.40 bits per heavy atom. The zero-order chi connectivity index (χ0) is 11.1. The van der Waals surface area contributed by atoms with E-state index in [1.807, 2.05) is 0 Å². The molecule has 7 heteroatoms. The predicted molar refractivity (Wildman–Crippen MR) is 55.7 cm³/mol. The minimum atomic E-state index is -3.95. The molecule has 0 bridgehead atoms. The van der Waals surface area contributed by atoms with Gasteiger partial charge in [0.05, 0.1) is 11.4 Å². The fraction of sp³-hybridized carbons (Fsp3) is 0.250. The Morgan fingerprint density at radius 1 is 1.00 bits per heavy atom. The molecule has 0 unspecified atom stereocenters. The Morgan fingerprint density at radius 3 is 1.73 bits per heavy atom. The van der Waals surface area contributed by atoms with Gasteiger partial charge in [0.15, 0.2) is 0 Å². The first-order valence-corrected chi connectivity index (χ1v) is 5.57. The molecular weight excluding hydrogens is 220 g/mol. The van der Waals surface area contributed by atoms with Crippen molar-refractivity contribution in [3.8, 4) is 11.5 Å². The van der Waals surface area contributed by atoms with Gasteiger partial charge < -0.3 is 19.0 Å². The van der Waals surface area contributed by atoms with Gasteiger partial charge in [-0.1, -0.05) is 0 Å². The molecule has 2 rings (SSSR count). The molecule has 0 fully saturated rings. The first-order chi connectivity index (χ1) is 7.07. The number of hydrogen-bond acceptors (Lipinski definition) is 6. The van der Waals surface area contributed by atoms with E-state index < -0.39 is 10.4 Å². The van der Waals surface area contributed by atoms with Crippen LogP contribution in [0.15, 0.2) is 12.1 Å². The van der Waals surface area contributed by atoms with Crippen LogP contribution in [0, 0.1) is 0 Å². The number of anilines is 2. The lowest BCUT2D eigenvalue weighted by Gasteiger charge is -2.06. The van der Waals surface area contributed by atoms with E-state index in [-0.39, 0.29) is 11.5 Å². The van der Waals surface area contributed by atoms with Crippen LogP contribution >= 0.6 is 0 Å². The summed E-state index contributed by atoms with van der Waals surface area (Å²) in [6, 6.07) is 3.41. The summed E-state index contributed by atoms with van der Waals surface area (Å²) in [5.41, 5.74) is 1.12. The van der Waals surface area contributed by atoms with Crippen molar-refractivity contribution in [1.29, 1.82) is 0 Å². The smallest absolute Gasteiger partial charge is 0.385 e. The molecular formula is C8H10N2O4S. The first-order valence-electron chi connectivity index (χ1n) is 4.24. The van der Waals surface area contributed by atoms with E-state index in [2.05, 4.69) is 10.6 Å². The summed E-state index contributed by atoms with van der Waals surface area (Å²) in [6.45, 7) is 0. The average Bonchev–Trinajstić information content (AvgIpc) is 2.51. The number of hydrogen-bond donors (Lipinski definition) is 2. The first kappa shape index (κ1) is 9.91. The maximum Gasteiger partial charge on any atom is 0.501 e. The molecule has 1 heterocycles. The lowest BCUT2D eigenvalue weighted by Crippen LogP contribution is -2.08. The van der Waals surface area contributed by atoms with Gasteiger partial charge in [0.25, 0.3) is 0 Å². The van der Waals surface area contributed by atoms with Gasteiger partial charge >= 0.3 is 10.4 Å². The average molecular weight is 230 g/mol. The van der Waals surface area contributed by atoms with Crippen LogP contribution < -0.4 is 19.0 Å². The molecule has 0 atom stereocenters. The van der Waals surface area contributed by atoms with E-state index in [1.54, 1.807) is 26.2 Å². The van der Waals surface area contributed by atoms with Gasteiger partial charge in [0.2, 0.25) is 11.5 Å². The van der Waals surface area contributed by atoms with E-state index in [0.717, 1.165) is 0 Å². The van der Waals surface area contributed by atoms with Crippen LogP contribution in [0.4, 0.5) is 11.4 Å². The highest BCUT2D eigenvalue weighted by Crippen LogP contribution is 2.46. The highest BCUT2D eigenvalue weighted by Gasteiger charge is 2.33. The van der Waals surface area contributed by atoms with Crippen molar-refractivity contribution in [2.75, 3.05) is 24.7 Å². The van der Waals surface area contributed by atoms with Crippen molar-refractivity contribution in [3.63, 3.8) is 0 Å². The Kier molecular flexibility index (Phi) is 2.11. The van der Waals surface area contributed by atoms with Crippen LogP contribution in [0.3, 0.4) is 0 Å². The minimum absolute atomic E-state index is 0.185. The molecule has 0 aliphatic carbocycles. The molecule has 82 valence electrons. The maximum absolute atomic E-state index is 11.1. The largest absolute Gasteiger partial charge is 0.501 e. The quantitative estimate of drug-likeness (QED) is 0.782. The van der Waals surface area contributed by atoms with Crippen LogP contribution in [0.2, 0.25) is 0 Å². The Bertz CT molecular complexity index is 459. The summed E-state index contributed by atoms with van der Waals surface area (Å²) < 4.78 is 31.7. The topological polar surface area (TPSA) is 76.7 Å². The van der Waals surface area contributed by atoms with Gasteiger partial charge in [-0.25, -0.2) is 0 Å². The van der Waals surface area contributed by atoms with Gasteiger partial charge in [0, 0.05) is 14.1 Å². The molecule has 1 aliphatic heterocycles. The molecule has 6 nitrogen and oxygen atoms in total. The van der Waals surface area contributed by atoms with Crippen LogP contribution in [-0.2, 0) is 10.4 Å². The second kappa shape index (κ2) is 3.20. The zero-order valence-electron chi connectivity index (χ0n) is 8.20. The van der Waals surface area contributed by atoms with Crippen molar-refractivity contribution in [2.45, 2.75) is 0 Å². The molecule has 1 aromatic rings. The number of benzene rings is 1. The molecule has 15 heavy (non-hydrogen) atoms. The molecule has 0 amide bonds. The number of fused-ring (bicyclic) bond motifs is 1. The Hall–Kier alpha value is -1.63. The normalized spacial score (nSPS) is 16.1. The van der Waals surface area contributed by atoms with Gasteiger partial charge in [0.1, 0.15) is 0 Å². The highest BCUT2D eigenvalue weighted by atomic mass is 32.3. The van der Waals surface area contributed by atoms with Crippen molar-refractivity contribution in [1.82, 2.24) is 0 Å². The van der Waals surface area contributed by atoms with E-state index in [9.17, 15) is 8.42 Å². The van der Waals surface area contributed by atoms with Crippen LogP contribution in [0.5, 0.6) is 11.5 Å². The molecule has 0 radical (unpaired) electrons. The molecule has 1 aromatic carbocycles. The maximum atomic E-state index is 11.1. The Labute approximate surface area is 87.5 Å². The fourth-order valence-corrected chi connectivity index (χ4v) is 2.12. The summed E-state index contributed by atoms with van der Waals surface area (Å²) in [5.74, 6) is 0.369. The monoisotopic (exact) mass is 230 g/mol. The van der Waals surface area contributed by atoms with Crippen molar-refractivity contribution in [2.24, 2.45) is 0 Å². The SMILES string of the molecule is CNc1ccc(NC)c2c1OS(=O)(=O)O2. The van der Waals surface area contributed by atoms with E-state index in [1.165, 1.54) is 0 Å². The standard InChI is InChI=1S/C8H10N2O4S/c1-9-5-3-4-6(10-2)8-7(5)13-15(11,12)14-8/h3-4,9-10H,1-2H3. The van der Waals surface area contributed by atoms with Crippen molar-refractivity contribution < 1.29 is 16.8 Å². The predicted octanol–water partition coefficient (Wildman–Crippen LogP) is 0.786. The van der Waals surface area contributed by atoms with Crippen molar-refractivity contribution >= 4 is 21.8 Å². The highest BCUT2D eigenvalue weighted by molar-refractivity contribution is 7.82. The lowest BCUT2D eigenvalue weighted by molar-refractivity contribution is 0.437. The van der Waals surface area contributed by atoms with E-state index >= 15 is 0 Å². The zero-order valence-corrected chi connectivity index (χ0v) is 9.01. The van der Waals surface area contributed by atoms with E-state index in [4.69, 9.17) is 8.37 Å². The fourth-order valence-electron chi connectivity index (χ4n) is 1.34. The summed E-state index contributed by atoms with van der Waals surface area (Å²) in [7, 11) is -0.611. The Balaban J connectivity index is 2.62. The summed E-state index contributed by atoms with van der Waals surface area (Å²) >= 11 is 0. The second-order valence-electron chi connectivity index (χ2n) is 2.89. The summed E-state index contributed by atoms with van der Waals surface area (Å²) in [6.07, 6.45) is 0. The van der Waals surface area contributed by atoms with Crippen molar-refractivity contribution in [3.05, 3.63) is 12.1 Å². The molecule has 1 aliphatic rings. The van der Waals surface area contributed by atoms with Crippen LogP contribution in [0.1, 0.15) is 0 Å². The third-order valence-corrected chi connectivity index (χ3v) is 2.76. The minimum Gasteiger partial charge on any atom is -0.385 e.